The Kier molecular flexibility index (Phi) is 7.09. The lowest BCUT2D eigenvalue weighted by molar-refractivity contribution is 0.273. The molecule has 0 aliphatic carbocycles. The van der Waals surface area contributed by atoms with E-state index in [1.54, 1.807) is 6.33 Å². The minimum absolute atomic E-state index is 0.589. The zero-order valence-electron chi connectivity index (χ0n) is 12.2. The lowest BCUT2D eigenvalue weighted by atomic mass is 10.3. The van der Waals surface area contributed by atoms with Gasteiger partial charge in [-0.05, 0) is 56.7 Å². The lowest BCUT2D eigenvalue weighted by Gasteiger charge is -2.20. The molecule has 0 amide bonds. The first-order valence-corrected chi connectivity index (χ1v) is 7.54. The molecule has 19 heavy (non-hydrogen) atoms. The Morgan fingerprint density at radius 2 is 1.89 bits per heavy atom. The highest BCUT2D eigenvalue weighted by molar-refractivity contribution is 9.10. The first kappa shape index (κ1) is 16.2. The second-order valence-electron chi connectivity index (χ2n) is 4.77. The Bertz CT molecular complexity index is 383. The van der Waals surface area contributed by atoms with Gasteiger partial charge in [-0.3, -0.25) is 0 Å². The number of hydrogen-bond donors (Lipinski definition) is 2. The molecule has 0 fully saturated rings. The van der Waals surface area contributed by atoms with Crippen LogP contribution in [0.2, 0.25) is 0 Å². The standard InChI is InChI=1S/C13H24BrN5/c1-5-15-12-11(14)13(18-9-17-12)16-7-6-8-19(4)10(2)3/h9-10H,5-8H2,1-4H3,(H2,15,16,17,18). The fraction of sp³-hybridized carbons (Fsp3) is 0.692. The van der Waals surface area contributed by atoms with Gasteiger partial charge in [-0.2, -0.15) is 0 Å². The molecule has 0 bridgehead atoms. The van der Waals surface area contributed by atoms with E-state index in [1.807, 2.05) is 6.92 Å². The summed E-state index contributed by atoms with van der Waals surface area (Å²) in [5.74, 6) is 1.68. The van der Waals surface area contributed by atoms with Gasteiger partial charge in [0.15, 0.2) is 0 Å². The quantitative estimate of drug-likeness (QED) is 0.718. The van der Waals surface area contributed by atoms with Gasteiger partial charge in [-0.25, -0.2) is 9.97 Å². The molecule has 0 saturated carbocycles. The van der Waals surface area contributed by atoms with Crippen LogP contribution in [-0.4, -0.2) is 47.6 Å². The van der Waals surface area contributed by atoms with E-state index in [1.165, 1.54) is 0 Å². The summed E-state index contributed by atoms with van der Waals surface area (Å²) in [7, 11) is 2.15. The molecule has 2 N–H and O–H groups in total. The zero-order valence-corrected chi connectivity index (χ0v) is 13.8. The van der Waals surface area contributed by atoms with Crippen molar-refractivity contribution in [1.29, 1.82) is 0 Å². The molecule has 0 aromatic carbocycles. The number of nitrogens with one attached hydrogen (secondary N) is 2. The molecule has 0 atom stereocenters. The maximum Gasteiger partial charge on any atom is 0.145 e. The van der Waals surface area contributed by atoms with E-state index in [-0.39, 0.29) is 0 Å². The third kappa shape index (κ3) is 5.32. The van der Waals surface area contributed by atoms with E-state index in [0.29, 0.717) is 6.04 Å². The Labute approximate surface area is 124 Å². The Morgan fingerprint density at radius 3 is 2.47 bits per heavy atom. The van der Waals surface area contributed by atoms with Crippen LogP contribution in [0.25, 0.3) is 0 Å². The Balaban J connectivity index is 2.43. The van der Waals surface area contributed by atoms with Crippen molar-refractivity contribution < 1.29 is 0 Å². The van der Waals surface area contributed by atoms with E-state index >= 15 is 0 Å². The fourth-order valence-corrected chi connectivity index (χ4v) is 2.06. The second-order valence-corrected chi connectivity index (χ2v) is 5.56. The lowest BCUT2D eigenvalue weighted by Crippen LogP contribution is -2.28. The van der Waals surface area contributed by atoms with Gasteiger partial charge in [0.05, 0.1) is 0 Å². The van der Waals surface area contributed by atoms with Crippen molar-refractivity contribution in [2.45, 2.75) is 33.2 Å². The predicted octanol–water partition coefficient (Wildman–Crippen LogP) is 2.81. The van der Waals surface area contributed by atoms with Gasteiger partial charge >= 0.3 is 0 Å². The molecule has 0 saturated heterocycles. The first-order chi connectivity index (χ1) is 9.06. The van der Waals surface area contributed by atoms with Crippen LogP contribution in [0.5, 0.6) is 0 Å². The van der Waals surface area contributed by atoms with Crippen LogP contribution < -0.4 is 10.6 Å². The van der Waals surface area contributed by atoms with E-state index in [0.717, 1.165) is 42.2 Å². The minimum atomic E-state index is 0.589. The molecule has 6 heteroatoms. The zero-order chi connectivity index (χ0) is 14.3. The molecule has 1 aromatic rings. The summed E-state index contributed by atoms with van der Waals surface area (Å²) in [6.07, 6.45) is 2.66. The SMILES string of the molecule is CCNc1ncnc(NCCCN(C)C(C)C)c1Br. The molecule has 0 radical (unpaired) electrons. The Morgan fingerprint density at radius 1 is 1.26 bits per heavy atom. The maximum atomic E-state index is 4.25. The number of rotatable bonds is 8. The molecule has 1 rings (SSSR count). The van der Waals surface area contributed by atoms with Gasteiger partial charge in [0.2, 0.25) is 0 Å². The van der Waals surface area contributed by atoms with Crippen LogP contribution in [0.3, 0.4) is 0 Å². The minimum Gasteiger partial charge on any atom is -0.369 e. The van der Waals surface area contributed by atoms with Crippen LogP contribution in [0.15, 0.2) is 10.8 Å². The first-order valence-electron chi connectivity index (χ1n) is 6.74. The van der Waals surface area contributed by atoms with Crippen LogP contribution in [-0.2, 0) is 0 Å². The molecular formula is C13H24BrN5. The number of nitrogens with zero attached hydrogens (tertiary/aromatic N) is 3. The number of anilines is 2. The van der Waals surface area contributed by atoms with Gasteiger partial charge in [0, 0.05) is 19.1 Å². The molecule has 0 aliphatic rings. The topological polar surface area (TPSA) is 53.1 Å². The van der Waals surface area contributed by atoms with Crippen molar-refractivity contribution in [2.75, 3.05) is 37.3 Å². The number of aromatic nitrogens is 2. The maximum absolute atomic E-state index is 4.25. The third-order valence-electron chi connectivity index (χ3n) is 3.00. The van der Waals surface area contributed by atoms with E-state index in [2.05, 4.69) is 62.3 Å². The monoisotopic (exact) mass is 329 g/mol. The Hall–Kier alpha value is -0.880. The van der Waals surface area contributed by atoms with Crippen molar-refractivity contribution >= 4 is 27.6 Å². The number of hydrogen-bond acceptors (Lipinski definition) is 5. The molecule has 0 unspecified atom stereocenters. The molecule has 1 heterocycles. The smallest absolute Gasteiger partial charge is 0.145 e. The highest BCUT2D eigenvalue weighted by Crippen LogP contribution is 2.26. The normalized spacial score (nSPS) is 11.1. The molecule has 0 aliphatic heterocycles. The van der Waals surface area contributed by atoms with E-state index < -0.39 is 0 Å². The van der Waals surface area contributed by atoms with Crippen molar-refractivity contribution in [3.63, 3.8) is 0 Å². The summed E-state index contributed by atoms with van der Waals surface area (Å²) in [6, 6.07) is 0.589. The highest BCUT2D eigenvalue weighted by Gasteiger charge is 2.07. The molecule has 5 nitrogen and oxygen atoms in total. The third-order valence-corrected chi connectivity index (χ3v) is 3.75. The van der Waals surface area contributed by atoms with Crippen LogP contribution in [0.1, 0.15) is 27.2 Å². The van der Waals surface area contributed by atoms with Gasteiger partial charge in [-0.15, -0.1) is 0 Å². The van der Waals surface area contributed by atoms with Crippen LogP contribution in [0.4, 0.5) is 11.6 Å². The van der Waals surface area contributed by atoms with Gasteiger partial charge in [-0.1, -0.05) is 0 Å². The van der Waals surface area contributed by atoms with Crippen molar-refractivity contribution in [3.8, 4) is 0 Å². The number of halogens is 1. The van der Waals surface area contributed by atoms with Gasteiger partial charge in [0.25, 0.3) is 0 Å². The largest absolute Gasteiger partial charge is 0.369 e. The van der Waals surface area contributed by atoms with Crippen molar-refractivity contribution in [2.24, 2.45) is 0 Å². The fourth-order valence-electron chi connectivity index (χ4n) is 1.58. The van der Waals surface area contributed by atoms with Crippen molar-refractivity contribution in [3.05, 3.63) is 10.8 Å². The van der Waals surface area contributed by atoms with Crippen LogP contribution >= 0.6 is 15.9 Å². The summed E-state index contributed by atoms with van der Waals surface area (Å²) >= 11 is 3.53. The van der Waals surface area contributed by atoms with Gasteiger partial charge < -0.3 is 15.5 Å². The van der Waals surface area contributed by atoms with E-state index in [9.17, 15) is 0 Å². The van der Waals surface area contributed by atoms with Crippen molar-refractivity contribution in [1.82, 2.24) is 14.9 Å². The van der Waals surface area contributed by atoms with Crippen LogP contribution in [0, 0.1) is 0 Å². The summed E-state index contributed by atoms with van der Waals surface area (Å²) in [5.41, 5.74) is 0. The molecule has 0 spiro atoms. The predicted molar refractivity (Wildman–Crippen MR) is 84.8 cm³/mol. The second kappa shape index (κ2) is 8.32. The molecule has 108 valence electrons. The summed E-state index contributed by atoms with van der Waals surface area (Å²) in [4.78, 5) is 10.8. The van der Waals surface area contributed by atoms with Gasteiger partial charge in [0.1, 0.15) is 22.4 Å². The highest BCUT2D eigenvalue weighted by atomic mass is 79.9. The average Bonchev–Trinajstić information content (AvgIpc) is 2.38. The molecule has 1 aromatic heterocycles. The molecular weight excluding hydrogens is 306 g/mol. The summed E-state index contributed by atoms with van der Waals surface area (Å²) < 4.78 is 0.897. The van der Waals surface area contributed by atoms with E-state index in [4.69, 9.17) is 0 Å². The summed E-state index contributed by atoms with van der Waals surface area (Å²) in [6.45, 7) is 9.28. The average molecular weight is 330 g/mol. The summed E-state index contributed by atoms with van der Waals surface area (Å²) in [5, 5.41) is 6.53.